The highest BCUT2D eigenvalue weighted by molar-refractivity contribution is 6.31. The molecule has 1 saturated heterocycles. The first-order chi connectivity index (χ1) is 19.2. The van der Waals surface area contributed by atoms with Crippen molar-refractivity contribution >= 4 is 52.1 Å². The molecule has 0 aromatic heterocycles. The van der Waals surface area contributed by atoms with Crippen molar-refractivity contribution in [3.8, 4) is 0 Å². The molecule has 10 heteroatoms. The number of nitrogens with two attached hydrogens (primary N) is 1. The number of aliphatic imine (C=N–C) groups is 1. The fourth-order valence-electron chi connectivity index (χ4n) is 5.07. The van der Waals surface area contributed by atoms with Gasteiger partial charge in [-0.2, -0.15) is 0 Å². The van der Waals surface area contributed by atoms with Crippen LogP contribution in [0.2, 0.25) is 5.02 Å². The van der Waals surface area contributed by atoms with Crippen LogP contribution in [0.5, 0.6) is 0 Å². The predicted octanol–water partition coefficient (Wildman–Crippen LogP) is 3.51. The number of hydrogen-bond donors (Lipinski definition) is 2. The second kappa shape index (κ2) is 11.6. The number of amides is 3. The molecule has 2 aliphatic rings. The lowest BCUT2D eigenvalue weighted by atomic mass is 9.90. The molecule has 206 valence electrons. The summed E-state index contributed by atoms with van der Waals surface area (Å²) in [5, 5.41) is 3.42. The van der Waals surface area contributed by atoms with Gasteiger partial charge in [0.25, 0.3) is 5.91 Å². The third kappa shape index (κ3) is 5.77. The number of primary amides is 1. The van der Waals surface area contributed by atoms with E-state index >= 15 is 0 Å². The zero-order chi connectivity index (χ0) is 28.4. The van der Waals surface area contributed by atoms with Crippen LogP contribution in [-0.2, 0) is 9.59 Å². The van der Waals surface area contributed by atoms with E-state index in [1.165, 1.54) is 4.90 Å². The molecule has 40 heavy (non-hydrogen) atoms. The first-order valence-electron chi connectivity index (χ1n) is 13.1. The van der Waals surface area contributed by atoms with Gasteiger partial charge in [-0.25, -0.2) is 0 Å². The van der Waals surface area contributed by atoms with Gasteiger partial charge in [0.05, 0.1) is 29.2 Å². The highest BCUT2D eigenvalue weighted by atomic mass is 35.5. The summed E-state index contributed by atoms with van der Waals surface area (Å²) >= 11 is 6.16. The molecule has 1 atom stereocenters. The van der Waals surface area contributed by atoms with Crippen molar-refractivity contribution in [2.24, 2.45) is 10.7 Å². The SMILES string of the molecule is CN1CCN(CC(=O)N(C)c2ccc(N=C(c3ccccc3)C3C(=O)Nc4cc(Cl)ccc43)cc2C(N)=O)CC1. The van der Waals surface area contributed by atoms with Gasteiger partial charge in [-0.15, -0.1) is 0 Å². The van der Waals surface area contributed by atoms with Crippen molar-refractivity contribution < 1.29 is 14.4 Å². The first-order valence-corrected chi connectivity index (χ1v) is 13.4. The fourth-order valence-corrected chi connectivity index (χ4v) is 5.24. The Balaban J connectivity index is 1.49. The van der Waals surface area contributed by atoms with Gasteiger partial charge in [0.15, 0.2) is 0 Å². The van der Waals surface area contributed by atoms with E-state index in [1.54, 1.807) is 37.4 Å². The molecule has 0 radical (unpaired) electrons. The molecule has 0 bridgehead atoms. The van der Waals surface area contributed by atoms with E-state index in [0.717, 1.165) is 37.3 Å². The third-order valence-corrected chi connectivity index (χ3v) is 7.61. The van der Waals surface area contributed by atoms with Crippen LogP contribution < -0.4 is 16.0 Å². The molecule has 5 rings (SSSR count). The summed E-state index contributed by atoms with van der Waals surface area (Å²) in [5.74, 6) is -1.71. The second-order valence-corrected chi connectivity index (χ2v) is 10.6. The molecule has 3 aromatic carbocycles. The maximum Gasteiger partial charge on any atom is 0.250 e. The fraction of sp³-hybridized carbons (Fsp3) is 0.267. The molecular weight excluding hydrogens is 528 g/mol. The Hall–Kier alpha value is -4.05. The van der Waals surface area contributed by atoms with E-state index in [0.29, 0.717) is 27.8 Å². The number of nitrogens with zero attached hydrogens (tertiary/aromatic N) is 4. The van der Waals surface area contributed by atoms with Crippen LogP contribution in [0.4, 0.5) is 17.1 Å². The number of halogens is 1. The number of anilines is 2. The van der Waals surface area contributed by atoms with Crippen LogP contribution in [0.3, 0.4) is 0 Å². The number of benzene rings is 3. The third-order valence-electron chi connectivity index (χ3n) is 7.37. The minimum absolute atomic E-state index is 0.133. The zero-order valence-corrected chi connectivity index (χ0v) is 23.2. The van der Waals surface area contributed by atoms with Crippen LogP contribution in [0.1, 0.15) is 27.4 Å². The summed E-state index contributed by atoms with van der Waals surface area (Å²) in [7, 11) is 3.70. The number of nitrogens with one attached hydrogen (secondary N) is 1. The van der Waals surface area contributed by atoms with Crippen molar-refractivity contribution in [1.29, 1.82) is 0 Å². The summed E-state index contributed by atoms with van der Waals surface area (Å²) in [6, 6.07) is 19.6. The number of carbonyl (C=O) groups is 3. The lowest BCUT2D eigenvalue weighted by molar-refractivity contribution is -0.120. The monoisotopic (exact) mass is 558 g/mol. The molecule has 9 nitrogen and oxygen atoms in total. The van der Waals surface area contributed by atoms with Gasteiger partial charge < -0.3 is 20.9 Å². The summed E-state index contributed by atoms with van der Waals surface area (Å²) < 4.78 is 0. The van der Waals surface area contributed by atoms with Crippen molar-refractivity contribution in [1.82, 2.24) is 9.80 Å². The van der Waals surface area contributed by atoms with Crippen molar-refractivity contribution in [3.63, 3.8) is 0 Å². The summed E-state index contributed by atoms with van der Waals surface area (Å²) in [6.07, 6.45) is 0. The van der Waals surface area contributed by atoms with E-state index in [1.807, 2.05) is 36.4 Å². The van der Waals surface area contributed by atoms with Gasteiger partial charge in [0.1, 0.15) is 5.92 Å². The highest BCUT2D eigenvalue weighted by Gasteiger charge is 2.35. The molecule has 3 N–H and O–H groups in total. The number of piperazine rings is 1. The summed E-state index contributed by atoms with van der Waals surface area (Å²) in [5.41, 5.74) is 9.46. The van der Waals surface area contributed by atoms with Crippen LogP contribution in [0.15, 0.2) is 71.7 Å². The minimum atomic E-state index is -0.681. The lowest BCUT2D eigenvalue weighted by Crippen LogP contribution is -2.48. The molecule has 0 spiro atoms. The number of hydrogen-bond acceptors (Lipinski definition) is 6. The van der Waals surface area contributed by atoms with Gasteiger partial charge in [-0.05, 0) is 48.5 Å². The predicted molar refractivity (Wildman–Crippen MR) is 158 cm³/mol. The Morgan fingerprint density at radius 2 is 1.77 bits per heavy atom. The van der Waals surface area contributed by atoms with Crippen LogP contribution >= 0.6 is 11.6 Å². The average Bonchev–Trinajstić information content (AvgIpc) is 3.27. The van der Waals surface area contributed by atoms with Crippen LogP contribution in [0, 0.1) is 0 Å². The Morgan fingerprint density at radius 3 is 2.48 bits per heavy atom. The Bertz CT molecular complexity index is 1480. The number of rotatable bonds is 7. The molecule has 0 aliphatic carbocycles. The molecule has 3 aromatic rings. The highest BCUT2D eigenvalue weighted by Crippen LogP contribution is 2.38. The minimum Gasteiger partial charge on any atom is -0.366 e. The number of carbonyl (C=O) groups excluding carboxylic acids is 3. The van der Waals surface area contributed by atoms with E-state index in [9.17, 15) is 14.4 Å². The van der Waals surface area contributed by atoms with E-state index in [-0.39, 0.29) is 23.9 Å². The van der Waals surface area contributed by atoms with Crippen LogP contribution in [0.25, 0.3) is 0 Å². The molecule has 1 fully saturated rings. The van der Waals surface area contributed by atoms with E-state index in [2.05, 4.69) is 22.2 Å². The van der Waals surface area contributed by atoms with Gasteiger partial charge >= 0.3 is 0 Å². The normalized spacial score (nSPS) is 17.8. The number of likely N-dealkylation sites (N-methyl/N-ethyl adjacent to an activating group) is 2. The molecule has 2 aliphatic heterocycles. The first kappa shape index (κ1) is 27.5. The smallest absolute Gasteiger partial charge is 0.250 e. The van der Waals surface area contributed by atoms with Crippen molar-refractivity contribution in [3.05, 3.63) is 88.4 Å². The zero-order valence-electron chi connectivity index (χ0n) is 22.4. The molecule has 2 heterocycles. The van der Waals surface area contributed by atoms with Gasteiger partial charge in [-0.3, -0.25) is 24.3 Å². The van der Waals surface area contributed by atoms with Crippen LogP contribution in [-0.4, -0.2) is 80.1 Å². The lowest BCUT2D eigenvalue weighted by Gasteiger charge is -2.33. The summed E-state index contributed by atoms with van der Waals surface area (Å²) in [4.78, 5) is 49.5. The van der Waals surface area contributed by atoms with Gasteiger partial charge in [-0.1, -0.05) is 48.0 Å². The Morgan fingerprint density at radius 1 is 1.05 bits per heavy atom. The van der Waals surface area contributed by atoms with Gasteiger partial charge in [0, 0.05) is 43.9 Å². The average molecular weight is 559 g/mol. The largest absolute Gasteiger partial charge is 0.366 e. The topological polar surface area (TPSA) is 111 Å². The Kier molecular flexibility index (Phi) is 7.97. The molecule has 1 unspecified atom stereocenters. The quantitative estimate of drug-likeness (QED) is 0.431. The van der Waals surface area contributed by atoms with Crippen molar-refractivity contribution in [2.45, 2.75) is 5.92 Å². The van der Waals surface area contributed by atoms with E-state index < -0.39 is 11.8 Å². The van der Waals surface area contributed by atoms with E-state index in [4.69, 9.17) is 22.3 Å². The maximum atomic E-state index is 13.2. The molecule has 3 amide bonds. The van der Waals surface area contributed by atoms with Crippen molar-refractivity contribution in [2.75, 3.05) is 57.0 Å². The standard InChI is InChI=1S/C30H31ClN6O3/c1-35-12-14-37(15-13-35)18-26(38)36(2)25-11-9-21(17-23(25)29(32)39)33-28(19-6-4-3-5-7-19)27-22-10-8-20(31)16-24(22)34-30(27)40/h3-11,16-17,27H,12-15,18H2,1-2H3,(H2,32,39)(H,34,40). The Labute approximate surface area is 238 Å². The van der Waals surface area contributed by atoms with Gasteiger partial charge in [0.2, 0.25) is 11.8 Å². The maximum absolute atomic E-state index is 13.2. The molecular formula is C30H31ClN6O3. The second-order valence-electron chi connectivity index (χ2n) is 10.1. The summed E-state index contributed by atoms with van der Waals surface area (Å²) in [6.45, 7) is 3.66. The molecule has 0 saturated carbocycles. The number of fused-ring (bicyclic) bond motifs is 1.